The van der Waals surface area contributed by atoms with Crippen LogP contribution < -0.4 is 0 Å². The molecular formula is C11H22ClNO2S. The highest BCUT2D eigenvalue weighted by molar-refractivity contribution is 8.11. The lowest BCUT2D eigenvalue weighted by molar-refractivity contribution is 0.142. The molecule has 0 aliphatic heterocycles. The summed E-state index contributed by atoms with van der Waals surface area (Å²) in [7, 11) is 3.37. The van der Waals surface area contributed by atoms with Crippen LogP contribution in [0.1, 0.15) is 46.5 Å². The minimum atomic E-state index is -3.55. The van der Waals surface area contributed by atoms with Crippen molar-refractivity contribution in [3.8, 4) is 0 Å². The Balaban J connectivity index is 2.56. The van der Waals surface area contributed by atoms with E-state index in [0.717, 1.165) is 25.7 Å². The molecule has 0 spiro atoms. The molecule has 3 nitrogen and oxygen atoms in total. The lowest BCUT2D eigenvalue weighted by atomic mass is 9.71. The van der Waals surface area contributed by atoms with E-state index < -0.39 is 9.24 Å². The quantitative estimate of drug-likeness (QED) is 0.722. The summed E-state index contributed by atoms with van der Waals surface area (Å²) in [5.74, 6) is 0.690. The summed E-state index contributed by atoms with van der Waals surface area (Å²) in [5.41, 5.74) is 0.323. The van der Waals surface area contributed by atoms with E-state index in [1.165, 1.54) is 4.31 Å². The summed E-state index contributed by atoms with van der Waals surface area (Å²) < 4.78 is 23.7. The SMILES string of the molecule is CN(C1CCC(C(C)(C)C)CC1)S(=O)(=O)Cl. The van der Waals surface area contributed by atoms with Gasteiger partial charge in [-0.1, -0.05) is 20.8 Å². The van der Waals surface area contributed by atoms with Gasteiger partial charge in [0, 0.05) is 23.8 Å². The third-order valence-corrected chi connectivity index (χ3v) is 5.42. The highest BCUT2D eigenvalue weighted by Gasteiger charge is 2.33. The summed E-state index contributed by atoms with van der Waals surface area (Å²) in [6.45, 7) is 6.75. The maximum atomic E-state index is 11.2. The summed E-state index contributed by atoms with van der Waals surface area (Å²) in [5, 5.41) is 0. The Hall–Kier alpha value is 0.200. The molecule has 1 aliphatic rings. The summed E-state index contributed by atoms with van der Waals surface area (Å²) >= 11 is 0. The van der Waals surface area contributed by atoms with E-state index in [1.807, 2.05) is 0 Å². The van der Waals surface area contributed by atoms with Crippen molar-refractivity contribution in [1.29, 1.82) is 0 Å². The molecule has 1 rings (SSSR count). The number of hydrogen-bond acceptors (Lipinski definition) is 2. The molecule has 0 unspecified atom stereocenters. The van der Waals surface area contributed by atoms with Crippen molar-refractivity contribution in [2.24, 2.45) is 11.3 Å². The van der Waals surface area contributed by atoms with E-state index in [4.69, 9.17) is 10.7 Å². The third-order valence-electron chi connectivity index (χ3n) is 3.78. The first kappa shape index (κ1) is 14.3. The van der Waals surface area contributed by atoms with Gasteiger partial charge in [-0.25, -0.2) is 0 Å². The van der Waals surface area contributed by atoms with Gasteiger partial charge in [0.05, 0.1) is 0 Å². The second kappa shape index (κ2) is 4.83. The predicted molar refractivity (Wildman–Crippen MR) is 67.7 cm³/mol. The van der Waals surface area contributed by atoms with Gasteiger partial charge < -0.3 is 0 Å². The molecule has 0 bridgehead atoms. The van der Waals surface area contributed by atoms with Crippen LogP contribution in [0.15, 0.2) is 0 Å². The van der Waals surface area contributed by atoms with Gasteiger partial charge in [-0.05, 0) is 37.0 Å². The molecule has 5 heteroatoms. The van der Waals surface area contributed by atoms with E-state index in [0.29, 0.717) is 11.3 Å². The number of nitrogens with zero attached hydrogens (tertiary/aromatic N) is 1. The molecule has 0 aromatic carbocycles. The van der Waals surface area contributed by atoms with Gasteiger partial charge in [-0.15, -0.1) is 0 Å². The van der Waals surface area contributed by atoms with Crippen LogP contribution in [0.3, 0.4) is 0 Å². The molecule has 0 atom stereocenters. The Morgan fingerprint density at radius 1 is 1.12 bits per heavy atom. The zero-order valence-electron chi connectivity index (χ0n) is 10.5. The minimum Gasteiger partial charge on any atom is -0.195 e. The second-order valence-corrected chi connectivity index (χ2v) is 8.40. The Morgan fingerprint density at radius 3 is 1.88 bits per heavy atom. The van der Waals surface area contributed by atoms with Crippen molar-refractivity contribution in [1.82, 2.24) is 4.31 Å². The standard InChI is InChI=1S/C11H22ClNO2S/c1-11(2,3)9-5-7-10(8-6-9)13(4)16(12,14)15/h9-10H,5-8H2,1-4H3. The van der Waals surface area contributed by atoms with Gasteiger partial charge in [0.25, 0.3) is 9.24 Å². The number of rotatable bonds is 2. The predicted octanol–water partition coefficient (Wildman–Crippen LogP) is 3.01. The zero-order chi connectivity index (χ0) is 12.6. The van der Waals surface area contributed by atoms with E-state index in [-0.39, 0.29) is 6.04 Å². The Bertz CT molecular complexity index is 326. The summed E-state index contributed by atoms with van der Waals surface area (Å²) in [4.78, 5) is 0. The van der Waals surface area contributed by atoms with Gasteiger partial charge >= 0.3 is 0 Å². The molecule has 1 saturated carbocycles. The first-order valence-electron chi connectivity index (χ1n) is 5.80. The van der Waals surface area contributed by atoms with Crippen LogP contribution in [0.2, 0.25) is 0 Å². The number of halogens is 1. The molecular weight excluding hydrogens is 246 g/mol. The van der Waals surface area contributed by atoms with Crippen molar-refractivity contribution in [2.45, 2.75) is 52.5 Å². The van der Waals surface area contributed by atoms with Crippen LogP contribution in [0.5, 0.6) is 0 Å². The molecule has 0 heterocycles. The monoisotopic (exact) mass is 267 g/mol. The van der Waals surface area contributed by atoms with Crippen LogP contribution in [0, 0.1) is 11.3 Å². The molecule has 1 aliphatic carbocycles. The van der Waals surface area contributed by atoms with Gasteiger partial charge in [-0.2, -0.15) is 12.7 Å². The fourth-order valence-electron chi connectivity index (χ4n) is 2.48. The largest absolute Gasteiger partial charge is 0.299 e. The summed E-state index contributed by atoms with van der Waals surface area (Å²) in [6.07, 6.45) is 4.02. The number of hydrogen-bond donors (Lipinski definition) is 0. The van der Waals surface area contributed by atoms with Crippen molar-refractivity contribution in [3.63, 3.8) is 0 Å². The van der Waals surface area contributed by atoms with E-state index in [2.05, 4.69) is 20.8 Å². The smallest absolute Gasteiger partial charge is 0.195 e. The Morgan fingerprint density at radius 2 is 1.56 bits per heavy atom. The van der Waals surface area contributed by atoms with Gasteiger partial charge in [-0.3, -0.25) is 0 Å². The van der Waals surface area contributed by atoms with E-state index >= 15 is 0 Å². The van der Waals surface area contributed by atoms with Crippen LogP contribution in [0.25, 0.3) is 0 Å². The molecule has 0 saturated heterocycles. The van der Waals surface area contributed by atoms with Gasteiger partial charge in [0.15, 0.2) is 0 Å². The topological polar surface area (TPSA) is 37.4 Å². The Labute approximate surface area is 104 Å². The lowest BCUT2D eigenvalue weighted by Gasteiger charge is -2.38. The molecule has 0 aromatic rings. The van der Waals surface area contributed by atoms with Crippen LogP contribution in [-0.2, 0) is 9.24 Å². The molecule has 0 aromatic heterocycles. The molecule has 96 valence electrons. The van der Waals surface area contributed by atoms with E-state index in [9.17, 15) is 8.42 Å². The highest BCUT2D eigenvalue weighted by atomic mass is 35.7. The van der Waals surface area contributed by atoms with Crippen molar-refractivity contribution in [3.05, 3.63) is 0 Å². The third kappa shape index (κ3) is 3.60. The Kier molecular flexibility index (Phi) is 4.30. The minimum absolute atomic E-state index is 0.0844. The molecule has 0 amide bonds. The normalized spacial score (nSPS) is 28.4. The molecule has 16 heavy (non-hydrogen) atoms. The van der Waals surface area contributed by atoms with Crippen molar-refractivity contribution in [2.75, 3.05) is 7.05 Å². The second-order valence-electron chi connectivity index (χ2n) is 5.83. The first-order chi connectivity index (χ1) is 7.12. The van der Waals surface area contributed by atoms with Gasteiger partial charge in [0.1, 0.15) is 0 Å². The fourth-order valence-corrected chi connectivity index (χ4v) is 3.39. The molecule has 0 radical (unpaired) electrons. The molecule has 1 fully saturated rings. The van der Waals surface area contributed by atoms with Crippen molar-refractivity contribution < 1.29 is 8.42 Å². The first-order valence-corrected chi connectivity index (χ1v) is 8.06. The van der Waals surface area contributed by atoms with Crippen LogP contribution in [-0.4, -0.2) is 25.8 Å². The average molecular weight is 268 g/mol. The summed E-state index contributed by atoms with van der Waals surface area (Å²) in [6, 6.07) is 0.0844. The lowest BCUT2D eigenvalue weighted by Crippen LogP contribution is -2.39. The fraction of sp³-hybridized carbons (Fsp3) is 1.00. The van der Waals surface area contributed by atoms with Crippen LogP contribution >= 0.6 is 10.7 Å². The maximum absolute atomic E-state index is 11.2. The highest BCUT2D eigenvalue weighted by Crippen LogP contribution is 2.39. The average Bonchev–Trinajstić information content (AvgIpc) is 2.14. The van der Waals surface area contributed by atoms with Crippen LogP contribution in [0.4, 0.5) is 0 Å². The molecule has 0 N–H and O–H groups in total. The van der Waals surface area contributed by atoms with Gasteiger partial charge in [0.2, 0.25) is 0 Å². The van der Waals surface area contributed by atoms with E-state index in [1.54, 1.807) is 7.05 Å². The van der Waals surface area contributed by atoms with Crippen molar-refractivity contribution >= 4 is 19.9 Å². The zero-order valence-corrected chi connectivity index (χ0v) is 12.1. The maximum Gasteiger partial charge on any atom is 0.299 e.